The van der Waals surface area contributed by atoms with E-state index in [9.17, 15) is 13.2 Å². The van der Waals surface area contributed by atoms with Crippen molar-refractivity contribution >= 4 is 27.5 Å². The van der Waals surface area contributed by atoms with Crippen molar-refractivity contribution in [3.63, 3.8) is 0 Å². The molecular weight excluding hydrogens is 288 g/mol. The number of rotatable bonds is 3. The Hall–Kier alpha value is -1.11. The summed E-state index contributed by atoms with van der Waals surface area (Å²) in [5.41, 5.74) is 0.243. The zero-order chi connectivity index (χ0) is 14.2. The lowest BCUT2D eigenvalue weighted by atomic mass is 9.82. The van der Waals surface area contributed by atoms with Gasteiger partial charge < -0.3 is 5.32 Å². The Morgan fingerprint density at radius 1 is 1.42 bits per heavy atom. The summed E-state index contributed by atoms with van der Waals surface area (Å²) in [6.07, 6.45) is 1.89. The fourth-order valence-corrected chi connectivity index (χ4v) is 3.22. The summed E-state index contributed by atoms with van der Waals surface area (Å²) in [5.74, 6) is 0.314. The van der Waals surface area contributed by atoms with Gasteiger partial charge in [0.1, 0.15) is 4.90 Å². The molecular formula is C12H15ClN2O3S. The molecule has 3 N–H and O–H groups in total. The predicted molar refractivity (Wildman–Crippen MR) is 72.5 cm³/mol. The highest BCUT2D eigenvalue weighted by Gasteiger charge is 2.27. The van der Waals surface area contributed by atoms with Crippen molar-refractivity contribution < 1.29 is 13.2 Å². The van der Waals surface area contributed by atoms with E-state index in [2.05, 4.69) is 12.2 Å². The van der Waals surface area contributed by atoms with Gasteiger partial charge in [-0.3, -0.25) is 4.79 Å². The quantitative estimate of drug-likeness (QED) is 0.887. The first-order valence-electron chi connectivity index (χ1n) is 5.90. The van der Waals surface area contributed by atoms with Crippen molar-refractivity contribution in [3.8, 4) is 0 Å². The number of nitrogens with two attached hydrogens (primary N) is 1. The van der Waals surface area contributed by atoms with Crippen LogP contribution >= 0.6 is 11.6 Å². The average Bonchev–Trinajstić information content (AvgIpc) is 2.25. The summed E-state index contributed by atoms with van der Waals surface area (Å²) in [5, 5.41) is 7.89. The maximum absolute atomic E-state index is 12.0. The number of hydrogen-bond donors (Lipinski definition) is 2. The van der Waals surface area contributed by atoms with Crippen LogP contribution in [0.25, 0.3) is 0 Å². The molecule has 1 amide bonds. The SMILES string of the molecule is CC1CC(NC(=O)c2ccc(Cl)c(S(N)(=O)=O)c2)C1. The fraction of sp³-hybridized carbons (Fsp3) is 0.417. The normalized spacial score (nSPS) is 22.7. The van der Waals surface area contributed by atoms with Gasteiger partial charge in [-0.05, 0) is 37.0 Å². The predicted octanol–water partition coefficient (Wildman–Crippen LogP) is 1.52. The summed E-state index contributed by atoms with van der Waals surface area (Å²) in [6, 6.07) is 4.21. The molecule has 104 valence electrons. The second kappa shape index (κ2) is 5.11. The molecule has 0 atom stereocenters. The van der Waals surface area contributed by atoms with Gasteiger partial charge in [0.2, 0.25) is 10.0 Å². The molecule has 5 nitrogen and oxygen atoms in total. The lowest BCUT2D eigenvalue weighted by molar-refractivity contribution is 0.0896. The molecule has 0 heterocycles. The molecule has 1 aromatic rings. The molecule has 0 saturated heterocycles. The highest BCUT2D eigenvalue weighted by molar-refractivity contribution is 7.89. The molecule has 19 heavy (non-hydrogen) atoms. The van der Waals surface area contributed by atoms with Crippen molar-refractivity contribution in [2.45, 2.75) is 30.7 Å². The second-order valence-electron chi connectivity index (χ2n) is 4.94. The molecule has 1 saturated carbocycles. The number of halogens is 1. The number of carbonyl (C=O) groups excluding carboxylic acids is 1. The molecule has 0 aliphatic heterocycles. The number of amides is 1. The standard InChI is InChI=1S/C12H15ClN2O3S/c1-7-4-9(5-7)15-12(16)8-2-3-10(13)11(6-8)19(14,17)18/h2-3,6-7,9H,4-5H2,1H3,(H,15,16)(H2,14,17,18). The first-order valence-corrected chi connectivity index (χ1v) is 7.83. The monoisotopic (exact) mass is 302 g/mol. The number of carbonyl (C=O) groups is 1. The Morgan fingerprint density at radius 3 is 2.58 bits per heavy atom. The number of sulfonamides is 1. The van der Waals surface area contributed by atoms with Crippen LogP contribution in [0.15, 0.2) is 23.1 Å². The zero-order valence-electron chi connectivity index (χ0n) is 10.4. The van der Waals surface area contributed by atoms with Gasteiger partial charge in [0.05, 0.1) is 5.02 Å². The summed E-state index contributed by atoms with van der Waals surface area (Å²) < 4.78 is 22.6. The number of nitrogens with one attached hydrogen (secondary N) is 1. The van der Waals surface area contributed by atoms with E-state index in [1.807, 2.05) is 0 Å². The molecule has 1 aliphatic rings. The van der Waals surface area contributed by atoms with Gasteiger partial charge in [-0.25, -0.2) is 13.6 Å². The molecule has 1 fully saturated rings. The van der Waals surface area contributed by atoms with Crippen molar-refractivity contribution in [3.05, 3.63) is 28.8 Å². The molecule has 1 aliphatic carbocycles. The lowest BCUT2D eigenvalue weighted by Gasteiger charge is -2.33. The first-order chi connectivity index (χ1) is 8.77. The molecule has 0 unspecified atom stereocenters. The molecule has 0 aromatic heterocycles. The minimum atomic E-state index is -3.93. The van der Waals surface area contributed by atoms with Gasteiger partial charge in [-0.15, -0.1) is 0 Å². The maximum atomic E-state index is 12.0. The number of benzene rings is 1. The van der Waals surface area contributed by atoms with E-state index < -0.39 is 10.0 Å². The van der Waals surface area contributed by atoms with Crippen LogP contribution in [0.3, 0.4) is 0 Å². The van der Waals surface area contributed by atoms with E-state index >= 15 is 0 Å². The molecule has 1 aromatic carbocycles. The van der Waals surface area contributed by atoms with E-state index in [0.717, 1.165) is 12.8 Å². The van der Waals surface area contributed by atoms with E-state index in [0.29, 0.717) is 5.92 Å². The van der Waals surface area contributed by atoms with Crippen molar-refractivity contribution in [1.29, 1.82) is 0 Å². The van der Waals surface area contributed by atoms with E-state index in [1.165, 1.54) is 18.2 Å². The molecule has 7 heteroatoms. The van der Waals surface area contributed by atoms with Crippen LogP contribution < -0.4 is 10.5 Å². The highest BCUT2D eigenvalue weighted by Crippen LogP contribution is 2.27. The van der Waals surface area contributed by atoms with Crippen LogP contribution in [-0.2, 0) is 10.0 Å². The Labute approximate surface area is 117 Å². The van der Waals surface area contributed by atoms with Crippen molar-refractivity contribution in [2.24, 2.45) is 11.1 Å². The fourth-order valence-electron chi connectivity index (χ4n) is 2.15. The molecule has 2 rings (SSSR count). The molecule has 0 radical (unpaired) electrons. The minimum absolute atomic E-state index is 0.0105. The van der Waals surface area contributed by atoms with Gasteiger partial charge in [-0.2, -0.15) is 0 Å². The van der Waals surface area contributed by atoms with E-state index in [1.54, 1.807) is 0 Å². The van der Waals surface area contributed by atoms with E-state index in [4.69, 9.17) is 16.7 Å². The zero-order valence-corrected chi connectivity index (χ0v) is 12.0. The number of hydrogen-bond acceptors (Lipinski definition) is 3. The van der Waals surface area contributed by atoms with Crippen molar-refractivity contribution in [2.75, 3.05) is 0 Å². The smallest absolute Gasteiger partial charge is 0.251 e. The molecule has 0 spiro atoms. The van der Waals surface area contributed by atoms with Crippen molar-refractivity contribution in [1.82, 2.24) is 5.32 Å². The van der Waals surface area contributed by atoms with Crippen LogP contribution in [-0.4, -0.2) is 20.4 Å². The van der Waals surface area contributed by atoms with Crippen LogP contribution in [0.4, 0.5) is 0 Å². The minimum Gasteiger partial charge on any atom is -0.349 e. The van der Waals surface area contributed by atoms with Crippen LogP contribution in [0.1, 0.15) is 30.1 Å². The van der Waals surface area contributed by atoms with Gasteiger partial charge in [0, 0.05) is 11.6 Å². The summed E-state index contributed by atoms with van der Waals surface area (Å²) in [6.45, 7) is 2.12. The van der Waals surface area contributed by atoms with Crippen LogP contribution in [0.5, 0.6) is 0 Å². The van der Waals surface area contributed by atoms with Crippen LogP contribution in [0, 0.1) is 5.92 Å². The van der Waals surface area contributed by atoms with E-state index in [-0.39, 0.29) is 27.4 Å². The summed E-state index contributed by atoms with van der Waals surface area (Å²) in [4.78, 5) is 11.7. The third kappa shape index (κ3) is 3.26. The third-order valence-corrected chi connectivity index (χ3v) is 4.60. The first kappa shape index (κ1) is 14.3. The van der Waals surface area contributed by atoms with Crippen LogP contribution in [0.2, 0.25) is 5.02 Å². The van der Waals surface area contributed by atoms with Gasteiger partial charge in [0.25, 0.3) is 5.91 Å². The maximum Gasteiger partial charge on any atom is 0.251 e. The number of primary sulfonamides is 1. The summed E-state index contributed by atoms with van der Waals surface area (Å²) in [7, 11) is -3.93. The Kier molecular flexibility index (Phi) is 3.85. The van der Waals surface area contributed by atoms with Gasteiger partial charge >= 0.3 is 0 Å². The second-order valence-corrected chi connectivity index (χ2v) is 6.87. The highest BCUT2D eigenvalue weighted by atomic mass is 35.5. The summed E-state index contributed by atoms with van der Waals surface area (Å²) >= 11 is 5.76. The van der Waals surface area contributed by atoms with Gasteiger partial charge in [-0.1, -0.05) is 18.5 Å². The Morgan fingerprint density at radius 2 is 2.05 bits per heavy atom. The lowest BCUT2D eigenvalue weighted by Crippen LogP contribution is -2.43. The Balaban J connectivity index is 2.19. The van der Waals surface area contributed by atoms with Gasteiger partial charge in [0.15, 0.2) is 0 Å². The molecule has 0 bridgehead atoms. The average molecular weight is 303 g/mol. The topological polar surface area (TPSA) is 89.3 Å². The third-order valence-electron chi connectivity index (χ3n) is 3.21. The largest absolute Gasteiger partial charge is 0.349 e. The Bertz CT molecular complexity index is 609.